The maximum Gasteiger partial charge on any atom is 0.269 e. The summed E-state index contributed by atoms with van der Waals surface area (Å²) in [6, 6.07) is 20.1. The van der Waals surface area contributed by atoms with Crippen molar-refractivity contribution in [3.8, 4) is 0 Å². The fraction of sp³-hybridized carbons (Fsp3) is 0.286. The highest BCUT2D eigenvalue weighted by atomic mass is 35.5. The number of amides is 2. The van der Waals surface area contributed by atoms with Crippen LogP contribution in [0.1, 0.15) is 30.5 Å². The number of thioether (sulfide) groups is 1. The molecule has 2 amide bonds. The van der Waals surface area contributed by atoms with Crippen molar-refractivity contribution in [2.45, 2.75) is 44.6 Å². The van der Waals surface area contributed by atoms with E-state index < -0.39 is 11.0 Å². The number of rotatable bonds is 12. The number of nitro groups is 1. The first-order valence-electron chi connectivity index (χ1n) is 12.0. The Hall–Kier alpha value is -3.07. The molecule has 0 aliphatic heterocycles. The maximum atomic E-state index is 13.6. The lowest BCUT2D eigenvalue weighted by Gasteiger charge is -2.32. The number of nitro benzene ring substituents is 1. The summed E-state index contributed by atoms with van der Waals surface area (Å²) in [5.41, 5.74) is 2.57. The summed E-state index contributed by atoms with van der Waals surface area (Å²) >= 11 is 13.7. The van der Waals surface area contributed by atoms with E-state index in [0.29, 0.717) is 22.2 Å². The molecule has 7 nitrogen and oxygen atoms in total. The monoisotopic (exact) mass is 573 g/mol. The fourth-order valence-corrected chi connectivity index (χ4v) is 5.01. The number of hydrogen-bond acceptors (Lipinski definition) is 5. The maximum absolute atomic E-state index is 13.6. The van der Waals surface area contributed by atoms with Crippen LogP contribution in [0.4, 0.5) is 5.69 Å². The van der Waals surface area contributed by atoms with Crippen LogP contribution in [-0.2, 0) is 28.3 Å². The van der Waals surface area contributed by atoms with Gasteiger partial charge in [0.1, 0.15) is 6.04 Å². The molecule has 0 saturated heterocycles. The molecule has 0 saturated carbocycles. The van der Waals surface area contributed by atoms with E-state index in [9.17, 15) is 19.7 Å². The van der Waals surface area contributed by atoms with Crippen LogP contribution in [0.2, 0.25) is 10.0 Å². The highest BCUT2D eigenvalue weighted by Gasteiger charge is 2.30. The van der Waals surface area contributed by atoms with Gasteiger partial charge >= 0.3 is 0 Å². The number of carbonyl (C=O) groups excluding carboxylic acids is 2. The average molecular weight is 575 g/mol. The van der Waals surface area contributed by atoms with Gasteiger partial charge in [-0.15, -0.1) is 11.8 Å². The summed E-state index contributed by atoms with van der Waals surface area (Å²) < 4.78 is 0. The zero-order chi connectivity index (χ0) is 27.7. The van der Waals surface area contributed by atoms with E-state index in [2.05, 4.69) is 5.32 Å². The molecule has 0 bridgehead atoms. The third-order valence-corrected chi connectivity index (χ3v) is 7.41. The molecule has 200 valence electrons. The summed E-state index contributed by atoms with van der Waals surface area (Å²) in [7, 11) is 0. The molecule has 1 N–H and O–H groups in total. The van der Waals surface area contributed by atoms with E-state index in [0.717, 1.165) is 16.7 Å². The van der Waals surface area contributed by atoms with Gasteiger partial charge < -0.3 is 10.2 Å². The largest absolute Gasteiger partial charge is 0.352 e. The third kappa shape index (κ3) is 8.75. The van der Waals surface area contributed by atoms with Crippen molar-refractivity contribution in [3.05, 3.63) is 110 Å². The Kier molecular flexibility index (Phi) is 11.0. The van der Waals surface area contributed by atoms with E-state index in [1.165, 1.54) is 23.9 Å². The SMILES string of the molecule is CC(C)NC(=O)[C@H](Cc1ccccc1)N(Cc1ccc(Cl)c(Cl)c1)C(=O)CSCc1ccc([N+](=O)[O-])cc1. The number of benzene rings is 3. The minimum atomic E-state index is -0.748. The molecule has 0 heterocycles. The minimum Gasteiger partial charge on any atom is -0.352 e. The highest BCUT2D eigenvalue weighted by molar-refractivity contribution is 7.99. The molecule has 3 aromatic rings. The van der Waals surface area contributed by atoms with E-state index in [1.807, 2.05) is 44.2 Å². The van der Waals surface area contributed by atoms with Gasteiger partial charge in [0.25, 0.3) is 5.69 Å². The summed E-state index contributed by atoms with van der Waals surface area (Å²) in [5.74, 6) is 0.171. The number of nitrogens with one attached hydrogen (secondary N) is 1. The van der Waals surface area contributed by atoms with Gasteiger partial charge in [-0.1, -0.05) is 71.7 Å². The van der Waals surface area contributed by atoms with Gasteiger partial charge in [0.05, 0.1) is 20.7 Å². The molecule has 0 aromatic heterocycles. The average Bonchev–Trinajstić information content (AvgIpc) is 2.88. The van der Waals surface area contributed by atoms with Crippen LogP contribution < -0.4 is 5.32 Å². The molecule has 0 fully saturated rings. The van der Waals surface area contributed by atoms with E-state index >= 15 is 0 Å². The lowest BCUT2D eigenvalue weighted by molar-refractivity contribution is -0.384. The summed E-state index contributed by atoms with van der Waals surface area (Å²) in [6.07, 6.45) is 0.347. The second-order valence-corrected chi connectivity index (χ2v) is 10.9. The van der Waals surface area contributed by atoms with Gasteiger partial charge in [-0.25, -0.2) is 0 Å². The Morgan fingerprint density at radius 3 is 2.21 bits per heavy atom. The third-order valence-electron chi connectivity index (χ3n) is 5.68. The van der Waals surface area contributed by atoms with Crippen LogP contribution in [0, 0.1) is 10.1 Å². The Bertz CT molecular complexity index is 1260. The van der Waals surface area contributed by atoms with Gasteiger partial charge in [-0.2, -0.15) is 0 Å². The fourth-order valence-electron chi connectivity index (χ4n) is 3.82. The molecule has 0 radical (unpaired) electrons. The Labute approximate surface area is 236 Å². The van der Waals surface area contributed by atoms with Crippen molar-refractivity contribution in [1.29, 1.82) is 0 Å². The lowest BCUT2D eigenvalue weighted by atomic mass is 10.0. The van der Waals surface area contributed by atoms with Gasteiger partial charge in [0.15, 0.2) is 0 Å². The Morgan fingerprint density at radius 2 is 1.61 bits per heavy atom. The number of nitrogens with zero attached hydrogens (tertiary/aromatic N) is 2. The van der Waals surface area contributed by atoms with E-state index in [-0.39, 0.29) is 35.8 Å². The Morgan fingerprint density at radius 1 is 0.947 bits per heavy atom. The van der Waals surface area contributed by atoms with E-state index in [1.54, 1.807) is 35.2 Å². The molecule has 0 aliphatic rings. The van der Waals surface area contributed by atoms with Crippen molar-refractivity contribution >= 4 is 52.5 Å². The standard InChI is InChI=1S/C28H29Cl2N3O4S/c1-19(2)31-28(35)26(15-20-6-4-3-5-7-20)32(16-22-10-13-24(29)25(30)14-22)27(34)18-38-17-21-8-11-23(12-9-21)33(36)37/h3-14,19,26H,15-18H2,1-2H3,(H,31,35)/t26-/m0/s1. The molecule has 0 spiro atoms. The number of non-ortho nitro benzene ring substituents is 1. The second kappa shape index (κ2) is 14.2. The predicted molar refractivity (Wildman–Crippen MR) is 153 cm³/mol. The van der Waals surface area contributed by atoms with Crippen LogP contribution in [0.25, 0.3) is 0 Å². The van der Waals surface area contributed by atoms with Crippen LogP contribution in [0.15, 0.2) is 72.8 Å². The molecule has 3 aromatic carbocycles. The lowest BCUT2D eigenvalue weighted by Crippen LogP contribution is -2.52. The first-order chi connectivity index (χ1) is 18.1. The van der Waals surface area contributed by atoms with Crippen molar-refractivity contribution in [2.75, 3.05) is 5.75 Å². The number of hydrogen-bond donors (Lipinski definition) is 1. The van der Waals surface area contributed by atoms with Gasteiger partial charge in [-0.3, -0.25) is 19.7 Å². The molecule has 38 heavy (non-hydrogen) atoms. The quantitative estimate of drug-likeness (QED) is 0.203. The predicted octanol–water partition coefficient (Wildman–Crippen LogP) is 6.30. The van der Waals surface area contributed by atoms with Crippen molar-refractivity contribution in [2.24, 2.45) is 0 Å². The first kappa shape index (κ1) is 29.5. The molecular weight excluding hydrogens is 545 g/mol. The zero-order valence-electron chi connectivity index (χ0n) is 21.1. The molecular formula is C28H29Cl2N3O4S. The summed E-state index contributed by atoms with van der Waals surface area (Å²) in [5, 5.41) is 14.6. The van der Waals surface area contributed by atoms with Gasteiger partial charge in [0, 0.05) is 36.9 Å². The minimum absolute atomic E-state index is 0.0162. The first-order valence-corrected chi connectivity index (χ1v) is 13.9. The second-order valence-electron chi connectivity index (χ2n) is 9.06. The topological polar surface area (TPSA) is 92.6 Å². The summed E-state index contributed by atoms with van der Waals surface area (Å²) in [4.78, 5) is 39.1. The van der Waals surface area contributed by atoms with Crippen molar-refractivity contribution < 1.29 is 14.5 Å². The van der Waals surface area contributed by atoms with Crippen LogP contribution in [-0.4, -0.2) is 39.5 Å². The smallest absolute Gasteiger partial charge is 0.269 e. The number of carbonyl (C=O) groups is 2. The molecule has 3 rings (SSSR count). The summed E-state index contributed by atoms with van der Waals surface area (Å²) in [6.45, 7) is 3.93. The van der Waals surface area contributed by atoms with Crippen molar-refractivity contribution in [3.63, 3.8) is 0 Å². The highest BCUT2D eigenvalue weighted by Crippen LogP contribution is 2.25. The molecule has 1 atom stereocenters. The molecule has 0 aliphatic carbocycles. The van der Waals surface area contributed by atoms with Crippen LogP contribution in [0.3, 0.4) is 0 Å². The normalized spacial score (nSPS) is 11.7. The zero-order valence-corrected chi connectivity index (χ0v) is 23.4. The molecule has 0 unspecified atom stereocenters. The van der Waals surface area contributed by atoms with Gasteiger partial charge in [-0.05, 0) is 42.7 Å². The van der Waals surface area contributed by atoms with Crippen LogP contribution in [0.5, 0.6) is 0 Å². The van der Waals surface area contributed by atoms with Crippen molar-refractivity contribution in [1.82, 2.24) is 10.2 Å². The van der Waals surface area contributed by atoms with Gasteiger partial charge in [0.2, 0.25) is 11.8 Å². The molecule has 10 heteroatoms. The number of halogens is 2. The van der Waals surface area contributed by atoms with Crippen LogP contribution >= 0.6 is 35.0 Å². The Balaban J connectivity index is 1.84. The van der Waals surface area contributed by atoms with E-state index in [4.69, 9.17) is 23.2 Å².